The van der Waals surface area contributed by atoms with Gasteiger partial charge in [0.15, 0.2) is 0 Å². The van der Waals surface area contributed by atoms with Gasteiger partial charge in [0.05, 0.1) is 17.4 Å². The van der Waals surface area contributed by atoms with E-state index in [-0.39, 0.29) is 75.6 Å². The Morgan fingerprint density at radius 2 is 1.46 bits per heavy atom. The van der Waals surface area contributed by atoms with Gasteiger partial charge in [0.1, 0.15) is 12.3 Å². The highest BCUT2D eigenvalue weighted by atomic mass is 32.2. The molecule has 0 heterocycles. The number of nitrogens with one attached hydrogen (secondary N) is 2. The van der Waals surface area contributed by atoms with E-state index in [0.29, 0.717) is 13.1 Å². The molecule has 0 bridgehead atoms. The molecule has 11 nitrogen and oxygen atoms in total. The minimum absolute atomic E-state index is 0.00813. The number of alkyl halides is 2. The van der Waals surface area contributed by atoms with Crippen molar-refractivity contribution in [3.8, 4) is 0 Å². The van der Waals surface area contributed by atoms with E-state index >= 15 is 0 Å². The van der Waals surface area contributed by atoms with Crippen LogP contribution in [0.4, 0.5) is 8.78 Å². The predicted octanol–water partition coefficient (Wildman–Crippen LogP) is 3.03. The lowest BCUT2D eigenvalue weighted by Crippen LogP contribution is -2.54. The fourth-order valence-corrected chi connectivity index (χ4v) is 8.44. The summed E-state index contributed by atoms with van der Waals surface area (Å²) in [5.41, 5.74) is 2.70. The van der Waals surface area contributed by atoms with E-state index in [9.17, 15) is 36.7 Å². The van der Waals surface area contributed by atoms with Crippen molar-refractivity contribution in [1.29, 1.82) is 0 Å². The summed E-state index contributed by atoms with van der Waals surface area (Å²) in [5, 5.41) is 14.7. The Balaban J connectivity index is 2.32. The number of nitrogens with zero attached hydrogens (tertiary/aromatic N) is 3. The van der Waals surface area contributed by atoms with Crippen LogP contribution < -0.4 is 10.7 Å². The van der Waals surface area contributed by atoms with Crippen LogP contribution in [0.2, 0.25) is 0 Å². The van der Waals surface area contributed by atoms with Gasteiger partial charge >= 0.3 is 0 Å². The molecule has 2 rings (SSSR count). The lowest BCUT2D eigenvalue weighted by atomic mass is 9.79. The molecule has 0 aromatic carbocycles. The third-order valence-electron chi connectivity index (χ3n) is 9.05. The summed E-state index contributed by atoms with van der Waals surface area (Å²) in [6.45, 7) is 8.75. The van der Waals surface area contributed by atoms with Gasteiger partial charge in [-0.2, -0.15) is 0 Å². The predicted molar refractivity (Wildman–Crippen MR) is 174 cm³/mol. The summed E-state index contributed by atoms with van der Waals surface area (Å²) >= 11 is 0. The van der Waals surface area contributed by atoms with Crippen molar-refractivity contribution in [3.05, 3.63) is 0 Å². The van der Waals surface area contributed by atoms with Gasteiger partial charge in [-0.25, -0.2) is 26.5 Å². The number of rotatable bonds is 17. The second-order valence-electron chi connectivity index (χ2n) is 14.1. The van der Waals surface area contributed by atoms with Crippen LogP contribution in [0.1, 0.15) is 91.9 Å². The molecule has 7 unspecified atom stereocenters. The van der Waals surface area contributed by atoms with Crippen molar-refractivity contribution in [2.24, 2.45) is 23.7 Å². The van der Waals surface area contributed by atoms with E-state index in [1.165, 1.54) is 19.1 Å². The minimum Gasteiger partial charge on any atom is -0.390 e. The Morgan fingerprint density at radius 1 is 0.891 bits per heavy atom. The molecular weight excluding hydrogens is 620 g/mol. The number of aliphatic hydroxyl groups excluding tert-OH is 1. The normalized spacial score (nSPS) is 27.0. The van der Waals surface area contributed by atoms with Crippen molar-refractivity contribution < 1.29 is 36.7 Å². The highest BCUT2D eigenvalue weighted by Crippen LogP contribution is 2.36. The lowest BCUT2D eigenvalue weighted by molar-refractivity contribution is -0.138. The van der Waals surface area contributed by atoms with Gasteiger partial charge in [0.2, 0.25) is 27.7 Å². The number of halogens is 2. The van der Waals surface area contributed by atoms with Gasteiger partial charge in [-0.15, -0.1) is 0 Å². The fraction of sp³-hybridized carbons (Fsp3) is 0.906. The summed E-state index contributed by atoms with van der Waals surface area (Å²) in [6.07, 6.45) is -1.66. The molecule has 2 fully saturated rings. The molecule has 0 spiro atoms. The zero-order valence-electron chi connectivity index (χ0n) is 28.9. The van der Waals surface area contributed by atoms with Crippen LogP contribution in [0.15, 0.2) is 0 Å². The van der Waals surface area contributed by atoms with E-state index < -0.39 is 63.4 Å². The summed E-state index contributed by atoms with van der Waals surface area (Å²) in [4.78, 5) is 41.6. The number of likely N-dealkylation sites (N-methyl/N-ethyl adjacent to an activating group) is 1. The van der Waals surface area contributed by atoms with Crippen LogP contribution in [0.25, 0.3) is 0 Å². The molecule has 0 aromatic heterocycles. The van der Waals surface area contributed by atoms with E-state index in [1.54, 1.807) is 11.9 Å². The SMILES string of the molecule is CCCN(CCC)C(=O)C1CC(C(=O)NC(CC2CC(F)CC(F)C2)C(O)CN(C)NC(=O)CC(C)C)CC(S(=O)(=O)N(C)C)C1. The number of hydrazine groups is 1. The lowest BCUT2D eigenvalue weighted by Gasteiger charge is -2.38. The van der Waals surface area contributed by atoms with Crippen LogP contribution in [0.3, 0.4) is 0 Å². The zero-order valence-corrected chi connectivity index (χ0v) is 29.7. The molecule has 2 aliphatic rings. The molecule has 0 aromatic rings. The maximum Gasteiger partial charge on any atom is 0.234 e. The molecule has 0 saturated heterocycles. The fourth-order valence-electron chi connectivity index (χ4n) is 6.89. The maximum absolute atomic E-state index is 14.3. The first-order valence-corrected chi connectivity index (χ1v) is 18.5. The number of carbonyl (C=O) groups excluding carboxylic acids is 3. The molecule has 7 atom stereocenters. The third kappa shape index (κ3) is 12.3. The summed E-state index contributed by atoms with van der Waals surface area (Å²) < 4.78 is 56.3. The van der Waals surface area contributed by atoms with E-state index in [4.69, 9.17) is 0 Å². The number of sulfonamides is 1. The zero-order chi connectivity index (χ0) is 34.8. The Bertz CT molecular complexity index is 1080. The number of hydrogen-bond acceptors (Lipinski definition) is 7. The van der Waals surface area contributed by atoms with E-state index in [0.717, 1.165) is 17.1 Å². The van der Waals surface area contributed by atoms with Crippen LogP contribution in [-0.2, 0) is 24.4 Å². The van der Waals surface area contributed by atoms with Crippen molar-refractivity contribution in [1.82, 2.24) is 25.0 Å². The molecule has 3 N–H and O–H groups in total. The quantitative estimate of drug-likeness (QED) is 0.201. The number of amides is 3. The number of aliphatic hydroxyl groups is 1. The first kappa shape index (κ1) is 40.3. The molecule has 268 valence electrons. The largest absolute Gasteiger partial charge is 0.390 e. The smallest absolute Gasteiger partial charge is 0.234 e. The maximum atomic E-state index is 14.3. The second kappa shape index (κ2) is 18.6. The molecule has 3 amide bonds. The Kier molecular flexibility index (Phi) is 16.3. The van der Waals surface area contributed by atoms with Gasteiger partial charge in [0.25, 0.3) is 0 Å². The third-order valence-corrected chi connectivity index (χ3v) is 11.3. The molecule has 46 heavy (non-hydrogen) atoms. The van der Waals surface area contributed by atoms with Crippen LogP contribution in [0, 0.1) is 23.7 Å². The van der Waals surface area contributed by atoms with Gasteiger partial charge in [-0.05, 0) is 63.2 Å². The van der Waals surface area contributed by atoms with Gasteiger partial charge in [-0.3, -0.25) is 19.8 Å². The summed E-state index contributed by atoms with van der Waals surface area (Å²) in [6, 6.07) is -0.920. The Labute approximate surface area is 275 Å². The van der Waals surface area contributed by atoms with Crippen LogP contribution in [-0.4, -0.2) is 116 Å². The van der Waals surface area contributed by atoms with Crippen LogP contribution >= 0.6 is 0 Å². The topological polar surface area (TPSA) is 139 Å². The monoisotopic (exact) mass is 679 g/mol. The number of hydrogen-bond donors (Lipinski definition) is 3. The highest BCUT2D eigenvalue weighted by molar-refractivity contribution is 7.89. The molecule has 2 saturated carbocycles. The van der Waals surface area contributed by atoms with Crippen molar-refractivity contribution in [3.63, 3.8) is 0 Å². The van der Waals surface area contributed by atoms with Gasteiger partial charge < -0.3 is 15.3 Å². The van der Waals surface area contributed by atoms with Crippen molar-refractivity contribution in [2.45, 2.75) is 122 Å². The van der Waals surface area contributed by atoms with E-state index in [1.807, 2.05) is 27.7 Å². The van der Waals surface area contributed by atoms with Gasteiger partial charge in [-0.1, -0.05) is 27.7 Å². The van der Waals surface area contributed by atoms with Gasteiger partial charge in [0, 0.05) is 65.5 Å². The summed E-state index contributed by atoms with van der Waals surface area (Å²) in [7, 11) is 0.650. The van der Waals surface area contributed by atoms with Crippen LogP contribution in [0.5, 0.6) is 0 Å². The number of carbonyl (C=O) groups is 3. The molecule has 0 radical (unpaired) electrons. The second-order valence-corrected chi connectivity index (χ2v) is 16.5. The first-order chi connectivity index (χ1) is 21.5. The molecule has 2 aliphatic carbocycles. The highest BCUT2D eigenvalue weighted by Gasteiger charge is 2.44. The minimum atomic E-state index is -3.80. The van der Waals surface area contributed by atoms with Crippen molar-refractivity contribution >= 4 is 27.7 Å². The summed E-state index contributed by atoms with van der Waals surface area (Å²) in [5.74, 6) is -2.72. The molecule has 0 aliphatic heterocycles. The standard InChI is InChI=1S/C32H59F2N5O6S/c1-8-10-39(11-9-2)32(43)24-16-23(17-27(18-24)46(44,45)37(5)6)31(42)35-28(15-22-13-25(33)19-26(34)14-22)29(40)20-38(7)36-30(41)12-21(3)4/h21-29,40H,8-20H2,1-7H3,(H,35,42)(H,36,41). The molecular formula is C32H59F2N5O6S. The molecule has 14 heteroatoms. The van der Waals surface area contributed by atoms with Crippen molar-refractivity contribution in [2.75, 3.05) is 40.8 Å². The Hall–Kier alpha value is -1.90. The van der Waals surface area contributed by atoms with E-state index in [2.05, 4.69) is 10.7 Å². The Morgan fingerprint density at radius 3 is 1.98 bits per heavy atom. The average molecular weight is 680 g/mol. The average Bonchev–Trinajstić information content (AvgIpc) is 2.94. The first-order valence-electron chi connectivity index (χ1n) is 16.9.